The first kappa shape index (κ1) is 25.8. The molecular formula is C26H32ClFN4O2S. The number of hydrogen-bond acceptors (Lipinski definition) is 5. The van der Waals surface area contributed by atoms with E-state index in [9.17, 15) is 14.0 Å². The molecule has 0 aliphatic carbocycles. The van der Waals surface area contributed by atoms with Crippen LogP contribution >= 0.6 is 23.4 Å². The van der Waals surface area contributed by atoms with Crippen molar-refractivity contribution in [2.24, 2.45) is 0 Å². The molecule has 0 aromatic heterocycles. The molecule has 0 bridgehead atoms. The van der Waals surface area contributed by atoms with Crippen molar-refractivity contribution in [1.29, 1.82) is 0 Å². The van der Waals surface area contributed by atoms with Crippen molar-refractivity contribution in [1.82, 2.24) is 15.5 Å². The average Bonchev–Trinajstić information content (AvgIpc) is 2.83. The van der Waals surface area contributed by atoms with Crippen molar-refractivity contribution >= 4 is 40.9 Å². The molecule has 0 spiro atoms. The Morgan fingerprint density at radius 2 is 1.97 bits per heavy atom. The highest BCUT2D eigenvalue weighted by Crippen LogP contribution is 2.29. The van der Waals surface area contributed by atoms with Crippen LogP contribution in [-0.4, -0.2) is 66.8 Å². The summed E-state index contributed by atoms with van der Waals surface area (Å²) in [6, 6.07) is 12.7. The Morgan fingerprint density at radius 3 is 2.66 bits per heavy atom. The van der Waals surface area contributed by atoms with Crippen LogP contribution in [0, 0.1) is 12.7 Å². The van der Waals surface area contributed by atoms with Crippen LogP contribution in [0.3, 0.4) is 0 Å². The lowest BCUT2D eigenvalue weighted by atomic mass is 9.86. The number of halogens is 2. The number of carbonyl (C=O) groups excluding carboxylic acids is 2. The molecule has 2 heterocycles. The molecule has 2 N–H and O–H groups in total. The Labute approximate surface area is 215 Å². The second kappa shape index (κ2) is 11.2. The zero-order valence-electron chi connectivity index (χ0n) is 20.2. The summed E-state index contributed by atoms with van der Waals surface area (Å²) in [7, 11) is 0. The number of thioether (sulfide) groups is 1. The molecular weight excluding hydrogens is 487 g/mol. The third-order valence-electron chi connectivity index (χ3n) is 6.75. The number of piperazine rings is 1. The van der Waals surface area contributed by atoms with Crippen LogP contribution in [0.1, 0.15) is 25.3 Å². The predicted molar refractivity (Wildman–Crippen MR) is 140 cm³/mol. The van der Waals surface area contributed by atoms with Crippen molar-refractivity contribution in [2.75, 3.05) is 43.4 Å². The highest BCUT2D eigenvalue weighted by molar-refractivity contribution is 8.00. The molecule has 2 aliphatic heterocycles. The van der Waals surface area contributed by atoms with E-state index in [-0.39, 0.29) is 28.6 Å². The highest BCUT2D eigenvalue weighted by atomic mass is 35.5. The average molecular weight is 519 g/mol. The summed E-state index contributed by atoms with van der Waals surface area (Å²) >= 11 is 7.34. The largest absolute Gasteiger partial charge is 0.365 e. The second-order valence-corrected chi connectivity index (χ2v) is 10.8. The Kier molecular flexibility index (Phi) is 8.24. The second-order valence-electron chi connectivity index (χ2n) is 9.38. The summed E-state index contributed by atoms with van der Waals surface area (Å²) in [5, 5.41) is 6.64. The number of aryl methyl sites for hydroxylation is 1. The number of carbonyl (C=O) groups is 2. The van der Waals surface area contributed by atoms with Gasteiger partial charge in [0.1, 0.15) is 11.4 Å². The lowest BCUT2D eigenvalue weighted by Gasteiger charge is -2.46. The van der Waals surface area contributed by atoms with Gasteiger partial charge in [0.15, 0.2) is 0 Å². The first-order valence-corrected chi connectivity index (χ1v) is 13.4. The van der Waals surface area contributed by atoms with Gasteiger partial charge in [-0.1, -0.05) is 23.7 Å². The van der Waals surface area contributed by atoms with Gasteiger partial charge in [0.2, 0.25) is 11.8 Å². The van der Waals surface area contributed by atoms with Crippen molar-refractivity contribution in [2.45, 2.75) is 43.2 Å². The van der Waals surface area contributed by atoms with Crippen molar-refractivity contribution < 1.29 is 14.0 Å². The molecule has 9 heteroatoms. The molecule has 1 atom stereocenters. The Hall–Kier alpha value is -2.29. The number of nitrogens with zero attached hydrogens (tertiary/aromatic N) is 2. The van der Waals surface area contributed by atoms with Gasteiger partial charge in [0.05, 0.1) is 10.8 Å². The summed E-state index contributed by atoms with van der Waals surface area (Å²) in [5.74, 6) is -0.546. The van der Waals surface area contributed by atoms with E-state index >= 15 is 0 Å². The quantitative estimate of drug-likeness (QED) is 0.569. The van der Waals surface area contributed by atoms with Crippen molar-refractivity contribution in [3.63, 3.8) is 0 Å². The summed E-state index contributed by atoms with van der Waals surface area (Å²) in [6.45, 7) is 7.53. The summed E-state index contributed by atoms with van der Waals surface area (Å²) in [4.78, 5) is 31.6. The molecule has 2 aromatic rings. The monoisotopic (exact) mass is 518 g/mol. The van der Waals surface area contributed by atoms with E-state index in [1.807, 2.05) is 4.90 Å². The van der Waals surface area contributed by atoms with E-state index in [4.69, 9.17) is 11.6 Å². The van der Waals surface area contributed by atoms with E-state index in [1.165, 1.54) is 35.1 Å². The van der Waals surface area contributed by atoms with Gasteiger partial charge in [-0.25, -0.2) is 4.39 Å². The van der Waals surface area contributed by atoms with Crippen LogP contribution < -0.4 is 15.5 Å². The minimum atomic E-state index is -0.916. The number of rotatable bonds is 6. The number of hydrogen-bond donors (Lipinski definition) is 2. The minimum Gasteiger partial charge on any atom is -0.365 e. The fraction of sp³-hybridized carbons (Fsp3) is 0.462. The van der Waals surface area contributed by atoms with Crippen LogP contribution in [0.2, 0.25) is 5.02 Å². The standard InChI is InChI=1S/C26H32ClFN4O2S/c1-18-4-3-5-21(14-18)32-13-12-31(16-19(32)2)25(34)26(8-10-29-11-9-26)30-24(33)17-35-23-7-6-20(28)15-22(23)27/h3-7,14-15,19,29H,8-13,16-17H2,1-2H3,(H,30,33). The topological polar surface area (TPSA) is 64.7 Å². The Bertz CT molecular complexity index is 1080. The summed E-state index contributed by atoms with van der Waals surface area (Å²) in [6.07, 6.45) is 1.10. The lowest BCUT2D eigenvalue weighted by Crippen LogP contribution is -2.66. The van der Waals surface area contributed by atoms with Gasteiger partial charge in [-0.15, -0.1) is 11.8 Å². The van der Waals surface area contributed by atoms with E-state index in [2.05, 4.69) is 53.6 Å². The maximum Gasteiger partial charge on any atom is 0.248 e. The molecule has 0 saturated carbocycles. The van der Waals surface area contributed by atoms with Gasteiger partial charge in [-0.05, 0) is 75.7 Å². The van der Waals surface area contributed by atoms with Gasteiger partial charge in [0, 0.05) is 36.3 Å². The van der Waals surface area contributed by atoms with Crippen LogP contribution in [0.5, 0.6) is 0 Å². The van der Waals surface area contributed by atoms with Gasteiger partial charge < -0.3 is 20.4 Å². The van der Waals surface area contributed by atoms with Gasteiger partial charge in [-0.2, -0.15) is 0 Å². The van der Waals surface area contributed by atoms with Crippen LogP contribution in [-0.2, 0) is 9.59 Å². The summed E-state index contributed by atoms with van der Waals surface area (Å²) < 4.78 is 13.3. The lowest BCUT2D eigenvalue weighted by molar-refractivity contribution is -0.143. The molecule has 6 nitrogen and oxygen atoms in total. The third-order valence-corrected chi connectivity index (χ3v) is 8.24. The summed E-state index contributed by atoms with van der Waals surface area (Å²) in [5.41, 5.74) is 1.47. The fourth-order valence-electron chi connectivity index (χ4n) is 4.92. The number of piperidine rings is 1. The van der Waals surface area contributed by atoms with Crippen LogP contribution in [0.15, 0.2) is 47.4 Å². The van der Waals surface area contributed by atoms with E-state index in [0.717, 1.165) is 6.54 Å². The Morgan fingerprint density at radius 1 is 1.20 bits per heavy atom. The highest BCUT2D eigenvalue weighted by Gasteiger charge is 2.44. The molecule has 35 heavy (non-hydrogen) atoms. The Balaban J connectivity index is 1.41. The number of anilines is 1. The van der Waals surface area contributed by atoms with Gasteiger partial charge >= 0.3 is 0 Å². The SMILES string of the molecule is Cc1cccc(N2CCN(C(=O)C3(NC(=O)CSc4ccc(F)cc4Cl)CCNCC3)CC2C)c1. The van der Waals surface area contributed by atoms with E-state index in [0.29, 0.717) is 43.9 Å². The third kappa shape index (κ3) is 6.11. The first-order chi connectivity index (χ1) is 16.8. The maximum atomic E-state index is 13.8. The normalized spacial score (nSPS) is 19.9. The van der Waals surface area contributed by atoms with Gasteiger partial charge in [0.25, 0.3) is 0 Å². The van der Waals surface area contributed by atoms with Crippen molar-refractivity contribution in [3.05, 3.63) is 58.9 Å². The van der Waals surface area contributed by atoms with E-state index in [1.54, 1.807) is 6.07 Å². The fourth-order valence-corrected chi connectivity index (χ4v) is 5.97. The van der Waals surface area contributed by atoms with Crippen molar-refractivity contribution in [3.8, 4) is 0 Å². The molecule has 4 rings (SSSR count). The molecule has 2 amide bonds. The van der Waals surface area contributed by atoms with E-state index < -0.39 is 11.4 Å². The van der Waals surface area contributed by atoms with Crippen LogP contribution in [0.4, 0.5) is 10.1 Å². The minimum absolute atomic E-state index is 0.00657. The number of amides is 2. The zero-order chi connectivity index (χ0) is 25.0. The predicted octanol–water partition coefficient (Wildman–Crippen LogP) is 3.86. The number of nitrogens with one attached hydrogen (secondary N) is 2. The molecule has 2 fully saturated rings. The molecule has 2 saturated heterocycles. The number of benzene rings is 2. The first-order valence-electron chi connectivity index (χ1n) is 12.0. The molecule has 2 aliphatic rings. The maximum absolute atomic E-state index is 13.8. The zero-order valence-corrected chi connectivity index (χ0v) is 21.7. The molecule has 2 aromatic carbocycles. The molecule has 0 radical (unpaired) electrons. The van der Waals surface area contributed by atoms with Crippen LogP contribution in [0.25, 0.3) is 0 Å². The smallest absolute Gasteiger partial charge is 0.248 e. The molecule has 1 unspecified atom stereocenters. The van der Waals surface area contributed by atoms with Gasteiger partial charge in [-0.3, -0.25) is 9.59 Å². The molecule has 188 valence electrons.